The quantitative estimate of drug-likeness (QED) is 0.579. The molecule has 4 nitrogen and oxygen atoms in total. The van der Waals surface area contributed by atoms with Crippen LogP contribution in [-0.4, -0.2) is 42.6 Å². The highest BCUT2D eigenvalue weighted by atomic mass is 35.5. The highest BCUT2D eigenvalue weighted by Gasteiger charge is 2.31. The summed E-state index contributed by atoms with van der Waals surface area (Å²) in [5.41, 5.74) is -0.442. The third kappa shape index (κ3) is 4.89. The molecule has 2 aliphatic rings. The number of halogens is 1. The molecule has 1 heterocycles. The summed E-state index contributed by atoms with van der Waals surface area (Å²) in [5.74, 6) is 1.88. The van der Waals surface area contributed by atoms with Gasteiger partial charge < -0.3 is 14.4 Å². The van der Waals surface area contributed by atoms with Crippen LogP contribution in [0, 0.1) is 11.3 Å². The van der Waals surface area contributed by atoms with Gasteiger partial charge in [0.25, 0.3) is 0 Å². The first kappa shape index (κ1) is 19.0. The average Bonchev–Trinajstić information content (AvgIpc) is 2.67. The predicted molar refractivity (Wildman–Crippen MR) is 106 cm³/mol. The number of piperidine rings is 1. The first-order valence-corrected chi connectivity index (χ1v) is 9.61. The summed E-state index contributed by atoms with van der Waals surface area (Å²) >= 11 is 6.21. The molecule has 0 amide bonds. The van der Waals surface area contributed by atoms with E-state index in [1.807, 2.05) is 43.3 Å². The predicted octanol–water partition coefficient (Wildman–Crippen LogP) is 4.70. The summed E-state index contributed by atoms with van der Waals surface area (Å²) in [4.78, 5) is 2.13. The lowest BCUT2D eigenvalue weighted by molar-refractivity contribution is -0.0572. The molecule has 1 aromatic carbocycles. The number of ether oxygens (including phenoxy) is 2. The molecule has 1 aliphatic heterocycles. The van der Waals surface area contributed by atoms with Crippen LogP contribution in [0.4, 0.5) is 0 Å². The fourth-order valence-corrected chi connectivity index (χ4v) is 3.57. The molecule has 0 bridgehead atoms. The van der Waals surface area contributed by atoms with Crippen molar-refractivity contribution in [1.29, 1.82) is 5.41 Å². The van der Waals surface area contributed by atoms with E-state index < -0.39 is 5.60 Å². The van der Waals surface area contributed by atoms with Crippen LogP contribution in [0.25, 0.3) is 0 Å². The van der Waals surface area contributed by atoms with Crippen LogP contribution in [0.3, 0.4) is 0 Å². The number of rotatable bonds is 6. The fraction of sp³-hybridized carbons (Fsp3) is 0.476. The second kappa shape index (κ2) is 8.74. The largest absolute Gasteiger partial charge is 0.489 e. The molecule has 3 rings (SSSR count). The van der Waals surface area contributed by atoms with Gasteiger partial charge in [0.05, 0.1) is 17.5 Å². The average molecular weight is 375 g/mol. The molecule has 5 heteroatoms. The third-order valence-electron chi connectivity index (χ3n) is 5.11. The Bertz CT molecular complexity index is 680. The van der Waals surface area contributed by atoms with Crippen LogP contribution < -0.4 is 4.74 Å². The van der Waals surface area contributed by atoms with Crippen LogP contribution >= 0.6 is 11.6 Å². The van der Waals surface area contributed by atoms with Crippen molar-refractivity contribution in [2.75, 3.05) is 26.3 Å². The minimum Gasteiger partial charge on any atom is -0.489 e. The molecule has 26 heavy (non-hydrogen) atoms. The minimum atomic E-state index is -0.442. The van der Waals surface area contributed by atoms with Crippen molar-refractivity contribution in [3.8, 4) is 5.75 Å². The van der Waals surface area contributed by atoms with E-state index in [1.54, 1.807) is 0 Å². The number of nitrogens with one attached hydrogen (secondary N) is 1. The molecule has 1 N–H and O–H groups in total. The van der Waals surface area contributed by atoms with E-state index in [0.29, 0.717) is 29.1 Å². The van der Waals surface area contributed by atoms with Crippen molar-refractivity contribution >= 4 is 17.4 Å². The Kier molecular flexibility index (Phi) is 6.38. The lowest BCUT2D eigenvalue weighted by Crippen LogP contribution is -2.42. The molecular formula is C21H27ClN2O2. The summed E-state index contributed by atoms with van der Waals surface area (Å²) in [7, 11) is 0. The Morgan fingerprint density at radius 1 is 1.27 bits per heavy atom. The van der Waals surface area contributed by atoms with Crippen LogP contribution in [0.2, 0.25) is 5.02 Å². The van der Waals surface area contributed by atoms with Gasteiger partial charge in [0, 0.05) is 19.5 Å². The van der Waals surface area contributed by atoms with E-state index in [-0.39, 0.29) is 0 Å². The number of hydrogen-bond donors (Lipinski definition) is 1. The highest BCUT2D eigenvalue weighted by Crippen LogP contribution is 2.29. The first-order chi connectivity index (χ1) is 12.6. The van der Waals surface area contributed by atoms with Crippen molar-refractivity contribution < 1.29 is 9.47 Å². The van der Waals surface area contributed by atoms with Crippen molar-refractivity contribution in [2.24, 2.45) is 5.92 Å². The number of amidine groups is 1. The van der Waals surface area contributed by atoms with E-state index in [9.17, 15) is 0 Å². The van der Waals surface area contributed by atoms with Gasteiger partial charge >= 0.3 is 0 Å². The molecule has 1 saturated heterocycles. The molecule has 1 aliphatic carbocycles. The van der Waals surface area contributed by atoms with Gasteiger partial charge in [0.1, 0.15) is 18.0 Å². The highest BCUT2D eigenvalue weighted by molar-refractivity contribution is 6.32. The molecule has 0 radical (unpaired) electrons. The van der Waals surface area contributed by atoms with E-state index in [4.69, 9.17) is 26.5 Å². The fourth-order valence-electron chi connectivity index (χ4n) is 3.38. The van der Waals surface area contributed by atoms with Crippen LogP contribution in [-0.2, 0) is 4.74 Å². The number of hydrogen-bond acceptors (Lipinski definition) is 3. The zero-order chi connectivity index (χ0) is 18.4. The Morgan fingerprint density at radius 2 is 2.04 bits per heavy atom. The molecule has 0 aromatic heterocycles. The maximum Gasteiger partial charge on any atom is 0.138 e. The van der Waals surface area contributed by atoms with Crippen molar-refractivity contribution in [3.63, 3.8) is 0 Å². The molecule has 1 atom stereocenters. The molecule has 1 unspecified atom stereocenters. The molecular weight excluding hydrogens is 348 g/mol. The molecule has 140 valence electrons. The second-order valence-corrected chi connectivity index (χ2v) is 7.51. The van der Waals surface area contributed by atoms with E-state index in [2.05, 4.69) is 17.1 Å². The van der Waals surface area contributed by atoms with E-state index in [1.165, 1.54) is 0 Å². The standard InChI is InChI=1S/C21H27ClN2O2/c1-17(23)24-13-9-18(10-14-24)15-26-21(11-5-2-6-12-21)16-25-20-8-4-3-7-19(20)22/h2-8,11,18,23H,9-10,12-16H2,1H3. The molecule has 0 saturated carbocycles. The van der Waals surface area contributed by atoms with Crippen molar-refractivity contribution in [2.45, 2.75) is 31.8 Å². The number of para-hydroxylation sites is 1. The number of allylic oxidation sites excluding steroid dienone is 2. The zero-order valence-electron chi connectivity index (χ0n) is 15.3. The van der Waals surface area contributed by atoms with Gasteiger partial charge in [-0.3, -0.25) is 5.41 Å². The van der Waals surface area contributed by atoms with Gasteiger partial charge in [-0.2, -0.15) is 0 Å². The Balaban J connectivity index is 1.56. The number of likely N-dealkylation sites (tertiary alicyclic amines) is 1. The number of nitrogens with zero attached hydrogens (tertiary/aromatic N) is 1. The molecule has 0 spiro atoms. The van der Waals surface area contributed by atoms with Crippen LogP contribution in [0.5, 0.6) is 5.75 Å². The summed E-state index contributed by atoms with van der Waals surface area (Å²) in [6.45, 7) is 4.91. The van der Waals surface area contributed by atoms with Crippen LogP contribution in [0.15, 0.2) is 48.6 Å². The normalized spacial score (nSPS) is 23.2. The second-order valence-electron chi connectivity index (χ2n) is 7.10. The van der Waals surface area contributed by atoms with E-state index >= 15 is 0 Å². The van der Waals surface area contributed by atoms with Gasteiger partial charge in [0.15, 0.2) is 0 Å². The van der Waals surface area contributed by atoms with Gasteiger partial charge in [0.2, 0.25) is 0 Å². The first-order valence-electron chi connectivity index (χ1n) is 9.24. The van der Waals surface area contributed by atoms with Gasteiger partial charge in [-0.05, 0) is 43.9 Å². The Hall–Kier alpha value is -1.78. The Labute approximate surface area is 160 Å². The molecule has 1 aromatic rings. The lowest BCUT2D eigenvalue weighted by Gasteiger charge is -2.36. The minimum absolute atomic E-state index is 0.441. The third-order valence-corrected chi connectivity index (χ3v) is 5.43. The van der Waals surface area contributed by atoms with Gasteiger partial charge in [-0.1, -0.05) is 42.0 Å². The van der Waals surface area contributed by atoms with Crippen LogP contribution in [0.1, 0.15) is 26.2 Å². The van der Waals surface area contributed by atoms with Gasteiger partial charge in [-0.15, -0.1) is 0 Å². The summed E-state index contributed by atoms with van der Waals surface area (Å²) in [5, 5.41) is 8.37. The maximum absolute atomic E-state index is 7.75. The maximum atomic E-state index is 7.75. The smallest absolute Gasteiger partial charge is 0.138 e. The zero-order valence-corrected chi connectivity index (χ0v) is 16.0. The Morgan fingerprint density at radius 3 is 2.69 bits per heavy atom. The number of benzene rings is 1. The van der Waals surface area contributed by atoms with Crippen molar-refractivity contribution in [1.82, 2.24) is 4.90 Å². The topological polar surface area (TPSA) is 45.6 Å². The summed E-state index contributed by atoms with van der Waals surface area (Å²) in [6.07, 6.45) is 11.2. The summed E-state index contributed by atoms with van der Waals surface area (Å²) in [6, 6.07) is 7.53. The van der Waals surface area contributed by atoms with E-state index in [0.717, 1.165) is 39.0 Å². The monoisotopic (exact) mass is 374 g/mol. The lowest BCUT2D eigenvalue weighted by atomic mass is 9.94. The molecule has 1 fully saturated rings. The van der Waals surface area contributed by atoms with Crippen molar-refractivity contribution in [3.05, 3.63) is 53.6 Å². The SMILES string of the molecule is CC(=N)N1CCC(COC2(COc3ccccc3Cl)C=CC=CC2)CC1. The van der Waals surface area contributed by atoms with Gasteiger partial charge in [-0.25, -0.2) is 0 Å². The summed E-state index contributed by atoms with van der Waals surface area (Å²) < 4.78 is 12.4.